The summed E-state index contributed by atoms with van der Waals surface area (Å²) >= 11 is 0. The number of aliphatic hydroxyl groups is 1. The number of nitrogens with zero attached hydrogens (tertiary/aromatic N) is 2. The molecule has 1 aromatic heterocycles. The zero-order chi connectivity index (χ0) is 18.4. The van der Waals surface area contributed by atoms with Crippen LogP contribution in [0.25, 0.3) is 11.0 Å². The number of rotatable bonds is 3. The summed E-state index contributed by atoms with van der Waals surface area (Å²) in [4.78, 5) is 24.4. The molecule has 134 valence electrons. The van der Waals surface area contributed by atoms with E-state index < -0.39 is 0 Å². The van der Waals surface area contributed by atoms with E-state index in [1.807, 2.05) is 28.8 Å². The molecule has 1 aliphatic carbocycles. The number of imidazole rings is 1. The normalized spacial score (nSPS) is 21.2. The lowest BCUT2D eigenvalue weighted by molar-refractivity contribution is -0.120. The number of fused-ring (bicyclic) bond motifs is 1. The van der Waals surface area contributed by atoms with Crippen molar-refractivity contribution in [3.05, 3.63) is 46.4 Å². The van der Waals surface area contributed by atoms with Crippen molar-refractivity contribution < 1.29 is 9.90 Å². The number of hydrogen-bond acceptors (Lipinski definition) is 3. The predicted octanol–water partition coefficient (Wildman–Crippen LogP) is 2.61. The SMILES string of the molecule is Cn1c(=O)n(CC(C)(C)C)c2ccc(C3C=CC(=O)C(CO)C3)cc21. The Morgan fingerprint density at radius 1 is 1.20 bits per heavy atom. The first-order valence-corrected chi connectivity index (χ1v) is 8.73. The molecular weight excluding hydrogens is 316 g/mol. The van der Waals surface area contributed by atoms with E-state index in [2.05, 4.69) is 20.8 Å². The molecule has 0 saturated carbocycles. The fraction of sp³-hybridized carbons (Fsp3) is 0.500. The van der Waals surface area contributed by atoms with Crippen LogP contribution in [0, 0.1) is 11.3 Å². The third-order valence-corrected chi connectivity index (χ3v) is 4.88. The van der Waals surface area contributed by atoms with E-state index in [9.17, 15) is 14.7 Å². The standard InChI is InChI=1S/C20H26N2O3/c1-20(2,3)12-22-16-7-5-14(10-17(16)21(4)19(22)25)13-6-8-18(24)15(9-13)11-23/h5-8,10,13,15,23H,9,11-12H2,1-4H3. The highest BCUT2D eigenvalue weighted by Crippen LogP contribution is 2.31. The van der Waals surface area contributed by atoms with Crippen LogP contribution in [0.2, 0.25) is 0 Å². The fourth-order valence-corrected chi connectivity index (χ4v) is 3.54. The van der Waals surface area contributed by atoms with Gasteiger partial charge in [-0.1, -0.05) is 32.9 Å². The first-order valence-electron chi connectivity index (χ1n) is 8.73. The van der Waals surface area contributed by atoms with Gasteiger partial charge in [0.25, 0.3) is 0 Å². The Bertz CT molecular complexity index is 896. The minimum Gasteiger partial charge on any atom is -0.396 e. The molecule has 0 saturated heterocycles. The second kappa shape index (κ2) is 6.30. The second-order valence-electron chi connectivity index (χ2n) is 8.22. The summed E-state index contributed by atoms with van der Waals surface area (Å²) < 4.78 is 3.52. The Morgan fingerprint density at radius 3 is 2.56 bits per heavy atom. The zero-order valence-corrected chi connectivity index (χ0v) is 15.3. The molecule has 1 aliphatic rings. The molecule has 3 rings (SSSR count). The van der Waals surface area contributed by atoms with Crippen molar-refractivity contribution >= 4 is 16.8 Å². The molecule has 0 aliphatic heterocycles. The van der Waals surface area contributed by atoms with Crippen LogP contribution in [0.3, 0.4) is 0 Å². The highest BCUT2D eigenvalue weighted by molar-refractivity contribution is 5.93. The minimum absolute atomic E-state index is 0.00956. The van der Waals surface area contributed by atoms with Crippen LogP contribution in [-0.2, 0) is 18.4 Å². The van der Waals surface area contributed by atoms with Gasteiger partial charge in [0.05, 0.1) is 17.6 Å². The molecule has 2 unspecified atom stereocenters. The lowest BCUT2D eigenvalue weighted by atomic mass is 9.82. The molecule has 25 heavy (non-hydrogen) atoms. The molecule has 0 amide bonds. The Kier molecular flexibility index (Phi) is 4.45. The lowest BCUT2D eigenvalue weighted by Gasteiger charge is -2.23. The van der Waals surface area contributed by atoms with Gasteiger partial charge in [-0.15, -0.1) is 0 Å². The molecule has 5 nitrogen and oxygen atoms in total. The maximum atomic E-state index is 12.6. The van der Waals surface area contributed by atoms with Crippen molar-refractivity contribution in [3.8, 4) is 0 Å². The number of hydrogen-bond donors (Lipinski definition) is 1. The summed E-state index contributed by atoms with van der Waals surface area (Å²) in [6.07, 6.45) is 4.08. The van der Waals surface area contributed by atoms with Gasteiger partial charge in [0.2, 0.25) is 0 Å². The number of aryl methyl sites for hydroxylation is 1. The van der Waals surface area contributed by atoms with Gasteiger partial charge in [0, 0.05) is 25.4 Å². The molecule has 1 heterocycles. The third-order valence-electron chi connectivity index (χ3n) is 4.88. The number of aromatic nitrogens is 2. The third kappa shape index (κ3) is 3.33. The fourth-order valence-electron chi connectivity index (χ4n) is 3.54. The van der Waals surface area contributed by atoms with E-state index in [4.69, 9.17) is 0 Å². The summed E-state index contributed by atoms with van der Waals surface area (Å²) in [6, 6.07) is 6.06. The van der Waals surface area contributed by atoms with E-state index in [-0.39, 0.29) is 35.3 Å². The number of carbonyl (C=O) groups excluding carboxylic acids is 1. The number of aliphatic hydroxyl groups excluding tert-OH is 1. The van der Waals surface area contributed by atoms with E-state index in [1.165, 1.54) is 0 Å². The van der Waals surface area contributed by atoms with Crippen LogP contribution in [0.5, 0.6) is 0 Å². The van der Waals surface area contributed by atoms with Gasteiger partial charge in [-0.2, -0.15) is 0 Å². The Morgan fingerprint density at radius 2 is 1.92 bits per heavy atom. The van der Waals surface area contributed by atoms with E-state index >= 15 is 0 Å². The van der Waals surface area contributed by atoms with Gasteiger partial charge in [0.15, 0.2) is 5.78 Å². The summed E-state index contributed by atoms with van der Waals surface area (Å²) in [5.41, 5.74) is 2.90. The average molecular weight is 342 g/mol. The van der Waals surface area contributed by atoms with Crippen molar-refractivity contribution in [1.82, 2.24) is 9.13 Å². The quantitative estimate of drug-likeness (QED) is 0.932. The summed E-state index contributed by atoms with van der Waals surface area (Å²) in [5, 5.41) is 9.39. The predicted molar refractivity (Wildman–Crippen MR) is 98.7 cm³/mol. The maximum Gasteiger partial charge on any atom is 0.328 e. The summed E-state index contributed by atoms with van der Waals surface area (Å²) in [6.45, 7) is 6.89. The number of ketones is 1. The Labute approximate surface area is 147 Å². The molecule has 1 aromatic carbocycles. The van der Waals surface area contributed by atoms with Gasteiger partial charge < -0.3 is 5.11 Å². The highest BCUT2D eigenvalue weighted by Gasteiger charge is 2.26. The first kappa shape index (κ1) is 17.7. The minimum atomic E-state index is -0.333. The van der Waals surface area contributed by atoms with Crippen LogP contribution in [0.1, 0.15) is 38.7 Å². The number of allylic oxidation sites excluding steroid dienone is 2. The molecule has 2 aromatic rings. The maximum absolute atomic E-state index is 12.6. The molecule has 0 radical (unpaired) electrons. The summed E-state index contributed by atoms with van der Waals surface area (Å²) in [5.74, 6) is -0.260. The van der Waals surface area contributed by atoms with Gasteiger partial charge in [0.1, 0.15) is 0 Å². The lowest BCUT2D eigenvalue weighted by Crippen LogP contribution is -2.27. The molecule has 0 fully saturated rings. The van der Waals surface area contributed by atoms with E-state index in [1.54, 1.807) is 17.7 Å². The van der Waals surface area contributed by atoms with Crippen LogP contribution in [-0.4, -0.2) is 26.6 Å². The molecule has 2 atom stereocenters. The first-order chi connectivity index (χ1) is 11.7. The zero-order valence-electron chi connectivity index (χ0n) is 15.3. The summed E-state index contributed by atoms with van der Waals surface area (Å²) in [7, 11) is 1.80. The van der Waals surface area contributed by atoms with Gasteiger partial charge in [-0.3, -0.25) is 13.9 Å². The van der Waals surface area contributed by atoms with E-state index in [0.717, 1.165) is 16.6 Å². The van der Waals surface area contributed by atoms with Crippen LogP contribution in [0.15, 0.2) is 35.1 Å². The van der Waals surface area contributed by atoms with Gasteiger partial charge >= 0.3 is 5.69 Å². The molecule has 5 heteroatoms. The van der Waals surface area contributed by atoms with Crippen molar-refractivity contribution in [1.29, 1.82) is 0 Å². The van der Waals surface area contributed by atoms with Crippen LogP contribution >= 0.6 is 0 Å². The molecule has 0 bridgehead atoms. The largest absolute Gasteiger partial charge is 0.396 e. The highest BCUT2D eigenvalue weighted by atomic mass is 16.3. The van der Waals surface area contributed by atoms with Crippen molar-refractivity contribution in [2.45, 2.75) is 39.7 Å². The van der Waals surface area contributed by atoms with Crippen molar-refractivity contribution in [3.63, 3.8) is 0 Å². The Balaban J connectivity index is 2.04. The second-order valence-corrected chi connectivity index (χ2v) is 8.22. The van der Waals surface area contributed by atoms with Gasteiger partial charge in [-0.05, 0) is 35.6 Å². The topological polar surface area (TPSA) is 64.2 Å². The smallest absolute Gasteiger partial charge is 0.328 e. The monoisotopic (exact) mass is 342 g/mol. The van der Waals surface area contributed by atoms with Crippen molar-refractivity contribution in [2.75, 3.05) is 6.61 Å². The van der Waals surface area contributed by atoms with Crippen molar-refractivity contribution in [2.24, 2.45) is 18.4 Å². The molecular formula is C20H26N2O3. The molecule has 1 N–H and O–H groups in total. The Hall–Kier alpha value is -2.14. The number of benzene rings is 1. The average Bonchev–Trinajstić information content (AvgIpc) is 2.78. The van der Waals surface area contributed by atoms with E-state index in [0.29, 0.717) is 13.0 Å². The van der Waals surface area contributed by atoms with Crippen LogP contribution < -0.4 is 5.69 Å². The van der Waals surface area contributed by atoms with Crippen LogP contribution in [0.4, 0.5) is 0 Å². The molecule has 0 spiro atoms. The number of carbonyl (C=O) groups is 1. The van der Waals surface area contributed by atoms with Gasteiger partial charge in [-0.25, -0.2) is 4.79 Å².